The molecule has 0 fully saturated rings. The van der Waals surface area contributed by atoms with E-state index in [0.717, 1.165) is 17.9 Å². The van der Waals surface area contributed by atoms with Crippen LogP contribution in [-0.2, 0) is 19.6 Å². The van der Waals surface area contributed by atoms with Gasteiger partial charge in [0.1, 0.15) is 5.76 Å². The molecule has 0 bridgehead atoms. The van der Waals surface area contributed by atoms with E-state index in [0.29, 0.717) is 18.7 Å². The first-order chi connectivity index (χ1) is 12.1. The molecule has 0 atom stereocenters. The molecule has 0 unspecified atom stereocenters. The van der Waals surface area contributed by atoms with E-state index in [1.54, 1.807) is 25.3 Å². The molecular weight excluding hydrogens is 316 g/mol. The van der Waals surface area contributed by atoms with Crippen LogP contribution in [0.25, 0.3) is 0 Å². The first-order valence-corrected chi connectivity index (χ1v) is 8.15. The summed E-state index contributed by atoms with van der Waals surface area (Å²) in [4.78, 5) is 13.1. The number of benzene rings is 2. The zero-order chi connectivity index (χ0) is 17.6. The van der Waals surface area contributed by atoms with Gasteiger partial charge in [-0.1, -0.05) is 42.5 Å². The topological polar surface area (TPSA) is 59.5 Å². The lowest BCUT2D eigenvalue weighted by Gasteiger charge is -2.22. The Morgan fingerprint density at radius 2 is 1.76 bits per heavy atom. The Kier molecular flexibility index (Phi) is 5.26. The van der Waals surface area contributed by atoms with Gasteiger partial charge in [0, 0.05) is 24.7 Å². The van der Waals surface area contributed by atoms with Crippen molar-refractivity contribution < 1.29 is 9.34 Å². The van der Waals surface area contributed by atoms with E-state index in [1.807, 2.05) is 36.4 Å². The molecule has 0 aliphatic carbocycles. The first-order valence-electron chi connectivity index (χ1n) is 8.15. The summed E-state index contributed by atoms with van der Waals surface area (Å²) in [5.74, 6) is 0.874. The molecule has 0 radical (unpaired) electrons. The van der Waals surface area contributed by atoms with Crippen LogP contribution in [0.2, 0.25) is 0 Å². The summed E-state index contributed by atoms with van der Waals surface area (Å²) in [6.45, 7) is 3.80. The molecule has 5 nitrogen and oxygen atoms in total. The van der Waals surface area contributed by atoms with Gasteiger partial charge < -0.3 is 4.42 Å². The minimum atomic E-state index is -0.326. The predicted molar refractivity (Wildman–Crippen MR) is 95.9 cm³/mol. The van der Waals surface area contributed by atoms with Crippen LogP contribution in [0, 0.1) is 17.0 Å². The molecule has 5 heteroatoms. The second kappa shape index (κ2) is 7.77. The summed E-state index contributed by atoms with van der Waals surface area (Å²) in [7, 11) is 0. The average molecular weight is 336 g/mol. The van der Waals surface area contributed by atoms with E-state index in [-0.39, 0.29) is 10.6 Å². The lowest BCUT2D eigenvalue weighted by molar-refractivity contribution is -0.385. The minimum Gasteiger partial charge on any atom is -0.468 e. The fourth-order valence-corrected chi connectivity index (χ4v) is 2.91. The van der Waals surface area contributed by atoms with Crippen molar-refractivity contribution in [1.82, 2.24) is 4.90 Å². The van der Waals surface area contributed by atoms with E-state index in [1.165, 1.54) is 5.56 Å². The molecule has 25 heavy (non-hydrogen) atoms. The van der Waals surface area contributed by atoms with Gasteiger partial charge in [-0.05, 0) is 30.2 Å². The standard InChI is InChI=1S/C20H20N2O3/c1-16-18(9-5-11-20(16)22(23)24)14-21(15-19-10-6-12-25-19)13-17-7-3-2-4-8-17/h2-12H,13-15H2,1H3. The number of rotatable bonds is 7. The maximum Gasteiger partial charge on any atom is 0.272 e. The third-order valence-corrected chi connectivity index (χ3v) is 4.22. The molecule has 0 saturated carbocycles. The van der Waals surface area contributed by atoms with E-state index in [4.69, 9.17) is 4.42 Å². The van der Waals surface area contributed by atoms with Gasteiger partial charge in [-0.15, -0.1) is 0 Å². The van der Waals surface area contributed by atoms with E-state index in [9.17, 15) is 10.1 Å². The number of nitrogens with zero attached hydrogens (tertiary/aromatic N) is 2. The highest BCUT2D eigenvalue weighted by Gasteiger charge is 2.16. The molecule has 0 amide bonds. The molecule has 0 aliphatic rings. The SMILES string of the molecule is Cc1c(CN(Cc2ccccc2)Cc2ccco2)cccc1[N+](=O)[O-]. The summed E-state index contributed by atoms with van der Waals surface area (Å²) in [5.41, 5.74) is 3.02. The molecule has 1 aromatic heterocycles. The summed E-state index contributed by atoms with van der Waals surface area (Å²) in [6.07, 6.45) is 1.66. The highest BCUT2D eigenvalue weighted by atomic mass is 16.6. The third-order valence-electron chi connectivity index (χ3n) is 4.22. The molecule has 2 aromatic carbocycles. The Hall–Kier alpha value is -2.92. The highest BCUT2D eigenvalue weighted by Crippen LogP contribution is 2.23. The average Bonchev–Trinajstić information content (AvgIpc) is 3.10. The van der Waals surface area contributed by atoms with E-state index >= 15 is 0 Å². The fraction of sp³-hybridized carbons (Fsp3) is 0.200. The Labute approximate surface area is 146 Å². The van der Waals surface area contributed by atoms with Crippen LogP contribution in [0.4, 0.5) is 5.69 Å². The van der Waals surface area contributed by atoms with Gasteiger partial charge in [0.15, 0.2) is 0 Å². The van der Waals surface area contributed by atoms with Crippen molar-refractivity contribution in [2.75, 3.05) is 0 Å². The molecule has 0 saturated heterocycles. The van der Waals surface area contributed by atoms with Gasteiger partial charge in [0.2, 0.25) is 0 Å². The van der Waals surface area contributed by atoms with Gasteiger partial charge in [-0.3, -0.25) is 15.0 Å². The maximum atomic E-state index is 11.2. The van der Waals surface area contributed by atoms with Gasteiger partial charge >= 0.3 is 0 Å². The summed E-state index contributed by atoms with van der Waals surface area (Å²) in [6, 6.07) is 19.2. The number of nitro benzene ring substituents is 1. The molecule has 1 heterocycles. The molecule has 0 aliphatic heterocycles. The minimum absolute atomic E-state index is 0.162. The predicted octanol–water partition coefficient (Wildman–Crippen LogP) is 4.70. The Morgan fingerprint density at radius 3 is 2.44 bits per heavy atom. The smallest absolute Gasteiger partial charge is 0.272 e. The monoisotopic (exact) mass is 336 g/mol. The molecule has 3 rings (SSSR count). The van der Waals surface area contributed by atoms with Crippen molar-refractivity contribution in [1.29, 1.82) is 0 Å². The summed E-state index contributed by atoms with van der Waals surface area (Å²) >= 11 is 0. The Balaban J connectivity index is 1.84. The van der Waals surface area contributed by atoms with Crippen molar-refractivity contribution in [2.45, 2.75) is 26.6 Å². The molecular formula is C20H20N2O3. The number of hydrogen-bond acceptors (Lipinski definition) is 4. The third kappa shape index (κ3) is 4.33. The van der Waals surface area contributed by atoms with Crippen LogP contribution in [0.15, 0.2) is 71.3 Å². The van der Waals surface area contributed by atoms with E-state index in [2.05, 4.69) is 17.0 Å². The van der Waals surface area contributed by atoms with Crippen LogP contribution in [0.3, 0.4) is 0 Å². The maximum absolute atomic E-state index is 11.2. The number of hydrogen-bond donors (Lipinski definition) is 0. The first kappa shape index (κ1) is 16.9. The zero-order valence-corrected chi connectivity index (χ0v) is 14.1. The van der Waals surface area contributed by atoms with Crippen molar-refractivity contribution in [3.8, 4) is 0 Å². The number of furan rings is 1. The van der Waals surface area contributed by atoms with Crippen molar-refractivity contribution in [2.24, 2.45) is 0 Å². The van der Waals surface area contributed by atoms with Crippen LogP contribution in [0.1, 0.15) is 22.5 Å². The molecule has 3 aromatic rings. The number of nitro groups is 1. The van der Waals surface area contributed by atoms with Crippen LogP contribution in [0.5, 0.6) is 0 Å². The zero-order valence-electron chi connectivity index (χ0n) is 14.1. The van der Waals surface area contributed by atoms with Crippen molar-refractivity contribution in [3.63, 3.8) is 0 Å². The van der Waals surface area contributed by atoms with Crippen molar-refractivity contribution >= 4 is 5.69 Å². The molecule has 0 spiro atoms. The Bertz CT molecular complexity index is 829. The van der Waals surface area contributed by atoms with Crippen LogP contribution >= 0.6 is 0 Å². The van der Waals surface area contributed by atoms with Crippen molar-refractivity contribution in [3.05, 3.63) is 99.5 Å². The second-order valence-electron chi connectivity index (χ2n) is 6.03. The lowest BCUT2D eigenvalue weighted by Crippen LogP contribution is -2.22. The van der Waals surface area contributed by atoms with E-state index < -0.39 is 0 Å². The lowest BCUT2D eigenvalue weighted by atomic mass is 10.1. The Morgan fingerprint density at radius 1 is 0.960 bits per heavy atom. The van der Waals surface area contributed by atoms with Gasteiger partial charge in [-0.25, -0.2) is 0 Å². The highest BCUT2D eigenvalue weighted by molar-refractivity contribution is 5.44. The van der Waals surface area contributed by atoms with Gasteiger partial charge in [-0.2, -0.15) is 0 Å². The summed E-state index contributed by atoms with van der Waals surface area (Å²) in [5, 5.41) is 11.2. The van der Waals surface area contributed by atoms with Gasteiger partial charge in [0.25, 0.3) is 5.69 Å². The summed E-state index contributed by atoms with van der Waals surface area (Å²) < 4.78 is 5.48. The largest absolute Gasteiger partial charge is 0.468 e. The molecule has 0 N–H and O–H groups in total. The fourth-order valence-electron chi connectivity index (χ4n) is 2.91. The van der Waals surface area contributed by atoms with Crippen LogP contribution < -0.4 is 0 Å². The quantitative estimate of drug-likeness (QED) is 0.463. The van der Waals surface area contributed by atoms with Gasteiger partial charge in [0.05, 0.1) is 17.7 Å². The second-order valence-corrected chi connectivity index (χ2v) is 6.03. The van der Waals surface area contributed by atoms with Crippen LogP contribution in [-0.4, -0.2) is 9.82 Å². The normalized spacial score (nSPS) is 11.0. The molecule has 128 valence electrons.